The van der Waals surface area contributed by atoms with E-state index >= 15 is 0 Å². The fourth-order valence-corrected chi connectivity index (χ4v) is 5.07. The number of aryl methyl sites for hydroxylation is 1. The molecule has 9 nitrogen and oxygen atoms in total. The van der Waals surface area contributed by atoms with E-state index in [1.54, 1.807) is 29.8 Å². The first-order valence-corrected chi connectivity index (χ1v) is 11.2. The summed E-state index contributed by atoms with van der Waals surface area (Å²) in [5.74, 6) is -1.91. The largest absolute Gasteiger partial charge is 0.347 e. The Balaban J connectivity index is 1.79. The minimum atomic E-state index is -4.02. The van der Waals surface area contributed by atoms with Crippen LogP contribution in [0.5, 0.6) is 0 Å². The smallest absolute Gasteiger partial charge is 0.303 e. The van der Waals surface area contributed by atoms with Crippen LogP contribution in [0, 0.1) is 17.2 Å². The molecule has 2 atom stereocenters. The molecule has 2 unspecified atom stereocenters. The average molecular weight is 472 g/mol. The quantitative estimate of drug-likeness (QED) is 0.703. The second kappa shape index (κ2) is 8.43. The minimum Gasteiger partial charge on any atom is -0.347 e. The highest BCUT2D eigenvalue weighted by Gasteiger charge is 2.36. The second-order valence-corrected chi connectivity index (χ2v) is 9.46. The van der Waals surface area contributed by atoms with Crippen molar-refractivity contribution in [2.45, 2.75) is 19.4 Å². The molecule has 12 heteroatoms. The standard InChI is InChI=1S/C18H19Cl2N5O4S/c1-10(26)23-30(28,29)25-6-5-14(11(8-21)9-25)22-18(27)16-7-12-15(24(16)2)4-3-13(19)17(12)20/h3-4,7,11,14H,5-6,9H2,1-2H3,(H,22,27)(H,23,26). The third kappa shape index (κ3) is 4.25. The van der Waals surface area contributed by atoms with Gasteiger partial charge in [-0.15, -0.1) is 0 Å². The summed E-state index contributed by atoms with van der Waals surface area (Å²) in [6, 6.07) is 6.51. The molecule has 1 saturated heterocycles. The zero-order valence-electron chi connectivity index (χ0n) is 16.1. The Labute approximate surface area is 183 Å². The number of amides is 2. The first-order valence-electron chi connectivity index (χ1n) is 8.97. The van der Waals surface area contributed by atoms with Crippen molar-refractivity contribution in [3.8, 4) is 6.07 Å². The summed E-state index contributed by atoms with van der Waals surface area (Å²) in [5, 5.41) is 13.7. The zero-order chi connectivity index (χ0) is 22.2. The first-order chi connectivity index (χ1) is 14.0. The lowest BCUT2D eigenvalue weighted by Crippen LogP contribution is -2.54. The lowest BCUT2D eigenvalue weighted by atomic mass is 9.94. The van der Waals surface area contributed by atoms with Gasteiger partial charge in [-0.1, -0.05) is 23.2 Å². The van der Waals surface area contributed by atoms with Gasteiger partial charge in [0.05, 0.1) is 22.0 Å². The molecule has 0 bridgehead atoms. The fourth-order valence-electron chi connectivity index (χ4n) is 3.50. The molecule has 0 spiro atoms. The van der Waals surface area contributed by atoms with Crippen LogP contribution in [-0.4, -0.2) is 48.2 Å². The number of fused-ring (bicyclic) bond motifs is 1. The Hall–Kier alpha value is -2.32. The molecule has 2 amide bonds. The van der Waals surface area contributed by atoms with Crippen molar-refractivity contribution in [2.24, 2.45) is 13.0 Å². The number of benzene rings is 1. The highest BCUT2D eigenvalue weighted by Crippen LogP contribution is 2.32. The SMILES string of the molecule is CC(=O)NS(=O)(=O)N1CCC(NC(=O)c2cc3c(Cl)c(Cl)ccc3n2C)C(C#N)C1. The number of carbonyl (C=O) groups excluding carboxylic acids is 2. The van der Waals surface area contributed by atoms with E-state index in [9.17, 15) is 23.3 Å². The minimum absolute atomic E-state index is 0.0578. The van der Waals surface area contributed by atoms with Crippen LogP contribution in [0.15, 0.2) is 18.2 Å². The van der Waals surface area contributed by atoms with Crippen molar-refractivity contribution < 1.29 is 18.0 Å². The van der Waals surface area contributed by atoms with Gasteiger partial charge in [-0.25, -0.2) is 4.72 Å². The van der Waals surface area contributed by atoms with Crippen LogP contribution in [0.25, 0.3) is 10.9 Å². The van der Waals surface area contributed by atoms with Crippen molar-refractivity contribution in [3.63, 3.8) is 0 Å². The van der Waals surface area contributed by atoms with Crippen LogP contribution in [0.2, 0.25) is 10.0 Å². The van der Waals surface area contributed by atoms with Crippen LogP contribution < -0.4 is 10.0 Å². The van der Waals surface area contributed by atoms with E-state index in [0.717, 1.165) is 16.7 Å². The van der Waals surface area contributed by atoms with E-state index in [-0.39, 0.29) is 19.5 Å². The summed E-state index contributed by atoms with van der Waals surface area (Å²) in [6.07, 6.45) is 0.222. The Morgan fingerprint density at radius 1 is 1.30 bits per heavy atom. The predicted molar refractivity (Wildman–Crippen MR) is 112 cm³/mol. The molecule has 30 heavy (non-hydrogen) atoms. The summed E-state index contributed by atoms with van der Waals surface area (Å²) in [6.45, 7) is 1.01. The maximum absolute atomic E-state index is 12.9. The number of aromatic nitrogens is 1. The third-order valence-electron chi connectivity index (χ3n) is 5.02. The highest BCUT2D eigenvalue weighted by molar-refractivity contribution is 7.87. The number of nitrogens with zero attached hydrogens (tertiary/aromatic N) is 3. The van der Waals surface area contributed by atoms with Gasteiger partial charge in [0.2, 0.25) is 5.91 Å². The topological polar surface area (TPSA) is 124 Å². The number of halogens is 2. The van der Waals surface area contributed by atoms with E-state index in [0.29, 0.717) is 21.1 Å². The van der Waals surface area contributed by atoms with E-state index in [1.807, 2.05) is 10.8 Å². The van der Waals surface area contributed by atoms with Crippen molar-refractivity contribution >= 4 is 56.1 Å². The van der Waals surface area contributed by atoms with Crippen LogP contribution in [-0.2, 0) is 22.1 Å². The van der Waals surface area contributed by atoms with Crippen molar-refractivity contribution in [1.29, 1.82) is 5.26 Å². The normalized spacial score (nSPS) is 20.0. The predicted octanol–water partition coefficient (Wildman–Crippen LogP) is 1.81. The lowest BCUT2D eigenvalue weighted by Gasteiger charge is -2.34. The van der Waals surface area contributed by atoms with Crippen LogP contribution in [0.4, 0.5) is 0 Å². The van der Waals surface area contributed by atoms with Crippen molar-refractivity contribution in [2.75, 3.05) is 13.1 Å². The van der Waals surface area contributed by atoms with Crippen molar-refractivity contribution in [3.05, 3.63) is 33.9 Å². The summed E-state index contributed by atoms with van der Waals surface area (Å²) in [5.41, 5.74) is 1.06. The molecule has 1 aromatic heterocycles. The van der Waals surface area contributed by atoms with Gasteiger partial charge in [-0.05, 0) is 24.6 Å². The van der Waals surface area contributed by atoms with Crippen LogP contribution in [0.1, 0.15) is 23.8 Å². The fraction of sp³-hybridized carbons (Fsp3) is 0.389. The average Bonchev–Trinajstić information content (AvgIpc) is 3.01. The number of piperidine rings is 1. The molecule has 2 heterocycles. The zero-order valence-corrected chi connectivity index (χ0v) is 18.5. The molecule has 2 N–H and O–H groups in total. The Kier molecular flexibility index (Phi) is 6.29. The molecule has 160 valence electrons. The molecule has 1 aliphatic heterocycles. The molecular formula is C18H19Cl2N5O4S. The molecule has 1 aromatic carbocycles. The molecule has 0 saturated carbocycles. The maximum atomic E-state index is 12.9. The molecule has 1 fully saturated rings. The maximum Gasteiger partial charge on any atom is 0.303 e. The van der Waals surface area contributed by atoms with Gasteiger partial charge in [0.1, 0.15) is 5.69 Å². The van der Waals surface area contributed by atoms with Gasteiger partial charge in [-0.2, -0.15) is 18.0 Å². The van der Waals surface area contributed by atoms with Gasteiger partial charge >= 0.3 is 10.2 Å². The summed E-state index contributed by atoms with van der Waals surface area (Å²) in [4.78, 5) is 24.0. The second-order valence-electron chi connectivity index (χ2n) is 7.01. The number of nitrogens with one attached hydrogen (secondary N) is 2. The van der Waals surface area contributed by atoms with Crippen LogP contribution in [0.3, 0.4) is 0 Å². The summed E-state index contributed by atoms with van der Waals surface area (Å²) in [7, 11) is -2.31. The molecular weight excluding hydrogens is 453 g/mol. The Bertz CT molecular complexity index is 1170. The van der Waals surface area contributed by atoms with Gasteiger partial charge < -0.3 is 9.88 Å². The van der Waals surface area contributed by atoms with Gasteiger partial charge in [-0.3, -0.25) is 9.59 Å². The van der Waals surface area contributed by atoms with Gasteiger partial charge in [0.15, 0.2) is 0 Å². The van der Waals surface area contributed by atoms with Gasteiger partial charge in [0.25, 0.3) is 5.91 Å². The molecule has 0 radical (unpaired) electrons. The summed E-state index contributed by atoms with van der Waals surface area (Å²) < 4.78 is 28.9. The molecule has 1 aliphatic rings. The Morgan fingerprint density at radius 2 is 2.00 bits per heavy atom. The first kappa shape index (κ1) is 22.4. The number of hydrogen-bond acceptors (Lipinski definition) is 5. The lowest BCUT2D eigenvalue weighted by molar-refractivity contribution is -0.117. The molecule has 0 aliphatic carbocycles. The Morgan fingerprint density at radius 3 is 2.63 bits per heavy atom. The number of nitriles is 1. The van der Waals surface area contributed by atoms with E-state index < -0.39 is 34.0 Å². The van der Waals surface area contributed by atoms with E-state index in [2.05, 4.69) is 5.32 Å². The summed E-state index contributed by atoms with van der Waals surface area (Å²) >= 11 is 12.3. The number of hydrogen-bond donors (Lipinski definition) is 2. The van der Waals surface area contributed by atoms with Crippen molar-refractivity contribution in [1.82, 2.24) is 18.9 Å². The number of rotatable bonds is 4. The van der Waals surface area contributed by atoms with Gasteiger partial charge in [0, 0.05) is 44.0 Å². The van der Waals surface area contributed by atoms with E-state index in [1.165, 1.54) is 0 Å². The molecule has 3 rings (SSSR count). The third-order valence-corrected chi connectivity index (χ3v) is 7.39. The molecule has 2 aromatic rings. The van der Waals surface area contributed by atoms with E-state index in [4.69, 9.17) is 23.2 Å². The number of carbonyl (C=O) groups is 2. The monoisotopic (exact) mass is 471 g/mol. The van der Waals surface area contributed by atoms with Crippen LogP contribution >= 0.6 is 23.2 Å². The highest BCUT2D eigenvalue weighted by atomic mass is 35.5.